The van der Waals surface area contributed by atoms with Crippen LogP contribution in [-0.4, -0.2) is 24.1 Å². The van der Waals surface area contributed by atoms with Crippen LogP contribution in [0.3, 0.4) is 0 Å². The van der Waals surface area contributed by atoms with Gasteiger partial charge in [-0.3, -0.25) is 4.79 Å². The summed E-state index contributed by atoms with van der Waals surface area (Å²) in [4.78, 5) is 22.3. The van der Waals surface area contributed by atoms with Crippen molar-refractivity contribution >= 4 is 11.9 Å². The molecule has 4 heteroatoms. The third-order valence-electron chi connectivity index (χ3n) is 2.58. The van der Waals surface area contributed by atoms with Gasteiger partial charge < -0.3 is 9.47 Å². The van der Waals surface area contributed by atoms with Crippen molar-refractivity contribution in [1.29, 1.82) is 0 Å². The van der Waals surface area contributed by atoms with Crippen molar-refractivity contribution in [2.24, 2.45) is 0 Å². The molecule has 4 nitrogen and oxygen atoms in total. The molecule has 1 rings (SSSR count). The highest BCUT2D eigenvalue weighted by molar-refractivity contribution is 5.87. The van der Waals surface area contributed by atoms with Gasteiger partial charge in [0.2, 0.25) is 0 Å². The van der Waals surface area contributed by atoms with Crippen molar-refractivity contribution in [3.05, 3.63) is 12.2 Å². The van der Waals surface area contributed by atoms with E-state index in [-0.39, 0.29) is 12.6 Å². The summed E-state index contributed by atoms with van der Waals surface area (Å²) in [5.74, 6) is -0.653. The third kappa shape index (κ3) is 2.81. The molecule has 84 valence electrons. The van der Waals surface area contributed by atoms with E-state index in [1.54, 1.807) is 6.92 Å². The van der Waals surface area contributed by atoms with Crippen LogP contribution < -0.4 is 0 Å². The SMILES string of the molecule is C=C(C)C(=O)OC1(CC)CCC(=O)OC1. The van der Waals surface area contributed by atoms with Gasteiger partial charge in [-0.2, -0.15) is 0 Å². The molecule has 1 atom stereocenters. The molecule has 1 unspecified atom stereocenters. The van der Waals surface area contributed by atoms with E-state index in [9.17, 15) is 9.59 Å². The summed E-state index contributed by atoms with van der Waals surface area (Å²) in [6.07, 6.45) is 1.47. The Bertz CT molecular complexity index is 283. The Morgan fingerprint density at radius 1 is 1.67 bits per heavy atom. The highest BCUT2D eigenvalue weighted by Crippen LogP contribution is 2.28. The number of ether oxygens (including phenoxy) is 2. The summed E-state index contributed by atoms with van der Waals surface area (Å²) in [6.45, 7) is 7.18. The summed E-state index contributed by atoms with van der Waals surface area (Å²) in [6, 6.07) is 0. The zero-order chi connectivity index (χ0) is 11.5. The van der Waals surface area contributed by atoms with E-state index in [0.717, 1.165) is 0 Å². The van der Waals surface area contributed by atoms with E-state index in [1.165, 1.54) is 0 Å². The van der Waals surface area contributed by atoms with Crippen molar-refractivity contribution in [3.8, 4) is 0 Å². The molecule has 1 aliphatic heterocycles. The van der Waals surface area contributed by atoms with Gasteiger partial charge in [-0.15, -0.1) is 0 Å². The number of esters is 2. The molecule has 0 spiro atoms. The van der Waals surface area contributed by atoms with Crippen LogP contribution in [0.15, 0.2) is 12.2 Å². The minimum Gasteiger partial charge on any atom is -0.461 e. The topological polar surface area (TPSA) is 52.6 Å². The Kier molecular flexibility index (Phi) is 3.50. The second-order valence-electron chi connectivity index (χ2n) is 3.87. The van der Waals surface area contributed by atoms with Crippen LogP contribution in [0, 0.1) is 0 Å². The van der Waals surface area contributed by atoms with Crippen LogP contribution in [0.2, 0.25) is 0 Å². The Morgan fingerprint density at radius 2 is 2.33 bits per heavy atom. The maximum absolute atomic E-state index is 11.4. The van der Waals surface area contributed by atoms with Gasteiger partial charge in [-0.25, -0.2) is 4.79 Å². The molecule has 1 heterocycles. The number of rotatable bonds is 3. The molecular weight excluding hydrogens is 196 g/mol. The second kappa shape index (κ2) is 4.47. The fourth-order valence-electron chi connectivity index (χ4n) is 1.40. The van der Waals surface area contributed by atoms with Crippen LogP contribution in [0.5, 0.6) is 0 Å². The average molecular weight is 212 g/mol. The molecule has 15 heavy (non-hydrogen) atoms. The van der Waals surface area contributed by atoms with Crippen molar-refractivity contribution in [3.63, 3.8) is 0 Å². The van der Waals surface area contributed by atoms with Crippen molar-refractivity contribution in [1.82, 2.24) is 0 Å². The van der Waals surface area contributed by atoms with Gasteiger partial charge in [-0.05, 0) is 13.3 Å². The number of hydrogen-bond donors (Lipinski definition) is 0. The van der Waals surface area contributed by atoms with Crippen LogP contribution >= 0.6 is 0 Å². The predicted octanol–water partition coefficient (Wildman–Crippen LogP) is 1.59. The quantitative estimate of drug-likeness (QED) is 0.526. The number of cyclic esters (lactones) is 1. The lowest BCUT2D eigenvalue weighted by molar-refractivity contribution is -0.180. The lowest BCUT2D eigenvalue weighted by atomic mass is 9.93. The molecule has 0 saturated carbocycles. The second-order valence-corrected chi connectivity index (χ2v) is 3.87. The van der Waals surface area contributed by atoms with Gasteiger partial charge in [0.25, 0.3) is 0 Å². The van der Waals surface area contributed by atoms with Crippen molar-refractivity contribution in [2.45, 2.75) is 38.7 Å². The fourth-order valence-corrected chi connectivity index (χ4v) is 1.40. The maximum atomic E-state index is 11.4. The zero-order valence-electron chi connectivity index (χ0n) is 9.17. The first kappa shape index (κ1) is 11.8. The largest absolute Gasteiger partial charge is 0.461 e. The average Bonchev–Trinajstić information content (AvgIpc) is 2.21. The van der Waals surface area contributed by atoms with Crippen molar-refractivity contribution < 1.29 is 19.1 Å². The molecule has 1 aliphatic rings. The normalized spacial score (nSPS) is 25.6. The summed E-state index contributed by atoms with van der Waals surface area (Å²) in [5.41, 5.74) is -0.288. The Balaban J connectivity index is 2.65. The summed E-state index contributed by atoms with van der Waals surface area (Å²) in [5, 5.41) is 0. The van der Waals surface area contributed by atoms with Crippen LogP contribution in [0.1, 0.15) is 33.1 Å². The molecule has 0 amide bonds. The summed E-state index contributed by atoms with van der Waals surface area (Å²) in [7, 11) is 0. The van der Waals surface area contributed by atoms with E-state index in [1.807, 2.05) is 6.92 Å². The summed E-state index contributed by atoms with van der Waals surface area (Å²) < 4.78 is 10.2. The molecule has 0 radical (unpaired) electrons. The first-order valence-electron chi connectivity index (χ1n) is 5.03. The van der Waals surface area contributed by atoms with E-state index < -0.39 is 11.6 Å². The van der Waals surface area contributed by atoms with Crippen LogP contribution in [0.25, 0.3) is 0 Å². The van der Waals surface area contributed by atoms with E-state index in [4.69, 9.17) is 9.47 Å². The predicted molar refractivity (Wildman–Crippen MR) is 54.1 cm³/mol. The molecule has 1 saturated heterocycles. The van der Waals surface area contributed by atoms with Gasteiger partial charge in [0.1, 0.15) is 12.2 Å². The minimum atomic E-state index is -0.649. The minimum absolute atomic E-state index is 0.154. The molecule has 0 N–H and O–H groups in total. The maximum Gasteiger partial charge on any atom is 0.333 e. The van der Waals surface area contributed by atoms with Crippen LogP contribution in [0.4, 0.5) is 0 Å². The van der Waals surface area contributed by atoms with E-state index >= 15 is 0 Å². The highest BCUT2D eigenvalue weighted by Gasteiger charge is 2.38. The standard InChI is InChI=1S/C11H16O4/c1-4-11(15-10(13)8(2)3)6-5-9(12)14-7-11/h2,4-7H2,1,3H3. The van der Waals surface area contributed by atoms with E-state index in [2.05, 4.69) is 6.58 Å². The van der Waals surface area contributed by atoms with Gasteiger partial charge in [-0.1, -0.05) is 13.5 Å². The molecule has 0 aromatic rings. The summed E-state index contributed by atoms with van der Waals surface area (Å²) >= 11 is 0. The van der Waals surface area contributed by atoms with Gasteiger partial charge in [0.15, 0.2) is 0 Å². The number of carbonyl (C=O) groups excluding carboxylic acids is 2. The van der Waals surface area contributed by atoms with E-state index in [0.29, 0.717) is 24.8 Å². The third-order valence-corrected chi connectivity index (χ3v) is 2.58. The molecular formula is C11H16O4. The zero-order valence-corrected chi connectivity index (χ0v) is 9.17. The molecule has 1 fully saturated rings. The smallest absolute Gasteiger partial charge is 0.333 e. The van der Waals surface area contributed by atoms with Gasteiger partial charge in [0.05, 0.1) is 0 Å². The monoisotopic (exact) mass is 212 g/mol. The first-order valence-corrected chi connectivity index (χ1v) is 5.03. The lowest BCUT2D eigenvalue weighted by Gasteiger charge is -2.34. The molecule has 0 aromatic carbocycles. The van der Waals surface area contributed by atoms with Gasteiger partial charge in [0, 0.05) is 18.4 Å². The fraction of sp³-hybridized carbons (Fsp3) is 0.636. The first-order chi connectivity index (χ1) is 6.99. The molecule has 0 aromatic heterocycles. The molecule has 0 aliphatic carbocycles. The highest BCUT2D eigenvalue weighted by atomic mass is 16.6. The van der Waals surface area contributed by atoms with Gasteiger partial charge >= 0.3 is 11.9 Å². The molecule has 0 bridgehead atoms. The Hall–Kier alpha value is -1.32. The van der Waals surface area contributed by atoms with Crippen LogP contribution in [-0.2, 0) is 19.1 Å². The lowest BCUT2D eigenvalue weighted by Crippen LogP contribution is -2.44. The Labute approximate surface area is 89.2 Å². The Morgan fingerprint density at radius 3 is 2.73 bits per heavy atom. The number of carbonyl (C=O) groups is 2. The van der Waals surface area contributed by atoms with Crippen molar-refractivity contribution in [2.75, 3.05) is 6.61 Å². The number of hydrogen-bond acceptors (Lipinski definition) is 4.